The van der Waals surface area contributed by atoms with Gasteiger partial charge < -0.3 is 9.64 Å². The van der Waals surface area contributed by atoms with Crippen molar-refractivity contribution in [2.24, 2.45) is 0 Å². The van der Waals surface area contributed by atoms with Crippen LogP contribution in [0.25, 0.3) is 0 Å². The van der Waals surface area contributed by atoms with Gasteiger partial charge in [0.25, 0.3) is 0 Å². The van der Waals surface area contributed by atoms with Crippen molar-refractivity contribution in [3.8, 4) is 5.75 Å². The van der Waals surface area contributed by atoms with E-state index in [0.29, 0.717) is 23.6 Å². The van der Waals surface area contributed by atoms with Crippen molar-refractivity contribution in [2.75, 3.05) is 13.7 Å². The number of hydrogen-bond acceptors (Lipinski definition) is 3. The Morgan fingerprint density at radius 1 is 1.33 bits per heavy atom. The lowest BCUT2D eigenvalue weighted by atomic mass is 10.0. The van der Waals surface area contributed by atoms with E-state index in [2.05, 4.69) is 4.98 Å². The maximum atomic E-state index is 12.7. The number of nitrogens with zero attached hydrogens (tertiary/aromatic N) is 2. The molecule has 1 aromatic heterocycles. The molecule has 1 aliphatic heterocycles. The highest BCUT2D eigenvalue weighted by molar-refractivity contribution is 6.32. The first kappa shape index (κ1) is 16.8. The lowest BCUT2D eigenvalue weighted by molar-refractivity contribution is -0.132. The van der Waals surface area contributed by atoms with Crippen LogP contribution < -0.4 is 4.74 Å². The van der Waals surface area contributed by atoms with Gasteiger partial charge in [0.15, 0.2) is 0 Å². The zero-order chi connectivity index (χ0) is 16.9. The third-order valence-corrected chi connectivity index (χ3v) is 4.80. The molecule has 1 saturated heterocycles. The average Bonchev–Trinajstić information content (AvgIpc) is 3.10. The number of benzene rings is 1. The quantitative estimate of drug-likeness (QED) is 0.822. The van der Waals surface area contributed by atoms with E-state index in [1.54, 1.807) is 19.5 Å². The van der Waals surface area contributed by atoms with Crippen molar-refractivity contribution in [3.05, 3.63) is 58.9 Å². The maximum Gasteiger partial charge on any atom is 0.223 e. The number of carbonyl (C=O) groups excluding carboxylic acids is 1. The van der Waals surface area contributed by atoms with E-state index in [1.807, 2.05) is 35.2 Å². The van der Waals surface area contributed by atoms with E-state index >= 15 is 0 Å². The minimum Gasteiger partial charge on any atom is -0.495 e. The molecule has 2 heterocycles. The molecule has 0 saturated carbocycles. The van der Waals surface area contributed by atoms with Gasteiger partial charge in [0.2, 0.25) is 5.91 Å². The van der Waals surface area contributed by atoms with Crippen molar-refractivity contribution < 1.29 is 9.53 Å². The van der Waals surface area contributed by atoms with Crippen LogP contribution in [0.1, 0.15) is 36.4 Å². The van der Waals surface area contributed by atoms with Crippen LogP contribution in [0.15, 0.2) is 42.7 Å². The fourth-order valence-electron chi connectivity index (χ4n) is 3.26. The van der Waals surface area contributed by atoms with E-state index in [4.69, 9.17) is 16.3 Å². The maximum absolute atomic E-state index is 12.7. The van der Waals surface area contributed by atoms with Gasteiger partial charge in [-0.05, 0) is 54.7 Å². The Hall–Kier alpha value is -2.07. The molecule has 0 unspecified atom stereocenters. The summed E-state index contributed by atoms with van der Waals surface area (Å²) in [5, 5.41) is 0.582. The van der Waals surface area contributed by atoms with Gasteiger partial charge in [-0.2, -0.15) is 0 Å². The molecule has 4 nitrogen and oxygen atoms in total. The number of aryl methyl sites for hydroxylation is 1. The average molecular weight is 345 g/mol. The first-order valence-corrected chi connectivity index (χ1v) is 8.58. The predicted molar refractivity (Wildman–Crippen MR) is 94.3 cm³/mol. The zero-order valence-corrected chi connectivity index (χ0v) is 14.5. The molecule has 0 aliphatic carbocycles. The Morgan fingerprint density at radius 2 is 2.12 bits per heavy atom. The number of halogens is 1. The molecule has 0 bridgehead atoms. The van der Waals surface area contributed by atoms with Gasteiger partial charge in [-0.1, -0.05) is 17.7 Å². The SMILES string of the molecule is COc1ccc(CCC(=O)N2CCC[C@H]2c2ccncc2)cc1Cl. The number of rotatable bonds is 5. The molecule has 0 radical (unpaired) electrons. The molecule has 1 aromatic carbocycles. The number of methoxy groups -OCH3 is 1. The molecule has 24 heavy (non-hydrogen) atoms. The van der Waals surface area contributed by atoms with Crippen LogP contribution in [0, 0.1) is 0 Å². The van der Waals surface area contributed by atoms with Crippen LogP contribution in [0.5, 0.6) is 5.75 Å². The fourth-order valence-corrected chi connectivity index (χ4v) is 3.54. The van der Waals surface area contributed by atoms with Crippen molar-refractivity contribution in [1.82, 2.24) is 9.88 Å². The van der Waals surface area contributed by atoms with Gasteiger partial charge in [-0.15, -0.1) is 0 Å². The summed E-state index contributed by atoms with van der Waals surface area (Å²) < 4.78 is 5.16. The lowest BCUT2D eigenvalue weighted by Gasteiger charge is -2.25. The number of aromatic nitrogens is 1. The first-order valence-electron chi connectivity index (χ1n) is 8.21. The summed E-state index contributed by atoms with van der Waals surface area (Å²) >= 11 is 6.15. The molecule has 126 valence electrons. The van der Waals surface area contributed by atoms with E-state index in [0.717, 1.165) is 24.9 Å². The summed E-state index contributed by atoms with van der Waals surface area (Å²) in [6.07, 6.45) is 6.81. The molecule has 1 amide bonds. The Balaban J connectivity index is 1.63. The van der Waals surface area contributed by atoms with Gasteiger partial charge in [-0.25, -0.2) is 0 Å². The smallest absolute Gasteiger partial charge is 0.223 e. The van der Waals surface area contributed by atoms with Gasteiger partial charge >= 0.3 is 0 Å². The van der Waals surface area contributed by atoms with Crippen LogP contribution in [0.2, 0.25) is 5.02 Å². The van der Waals surface area contributed by atoms with E-state index < -0.39 is 0 Å². The van der Waals surface area contributed by atoms with Crippen molar-refractivity contribution in [3.63, 3.8) is 0 Å². The third-order valence-electron chi connectivity index (χ3n) is 4.51. The van der Waals surface area contributed by atoms with E-state index in [1.165, 1.54) is 5.56 Å². The lowest BCUT2D eigenvalue weighted by Crippen LogP contribution is -2.30. The molecule has 5 heteroatoms. The number of ether oxygens (including phenoxy) is 1. The van der Waals surface area contributed by atoms with Gasteiger partial charge in [-0.3, -0.25) is 9.78 Å². The summed E-state index contributed by atoms with van der Waals surface area (Å²) in [7, 11) is 1.59. The monoisotopic (exact) mass is 344 g/mol. The second-order valence-electron chi connectivity index (χ2n) is 5.99. The van der Waals surface area contributed by atoms with Crippen molar-refractivity contribution in [2.45, 2.75) is 31.7 Å². The first-order chi connectivity index (χ1) is 11.7. The number of likely N-dealkylation sites (tertiary alicyclic amines) is 1. The number of amides is 1. The third kappa shape index (κ3) is 3.70. The molecule has 1 aliphatic rings. The molecule has 1 atom stereocenters. The predicted octanol–water partition coefficient (Wildman–Crippen LogP) is 4.04. The number of hydrogen-bond donors (Lipinski definition) is 0. The highest BCUT2D eigenvalue weighted by Gasteiger charge is 2.29. The Bertz CT molecular complexity index is 706. The van der Waals surface area contributed by atoms with Crippen LogP contribution in [-0.2, 0) is 11.2 Å². The summed E-state index contributed by atoms with van der Waals surface area (Å²) in [6, 6.07) is 9.86. The molecular formula is C19H21ClN2O2. The molecule has 0 spiro atoms. The Morgan fingerprint density at radius 3 is 2.83 bits per heavy atom. The standard InChI is InChI=1S/C19H21ClN2O2/c1-24-18-6-4-14(13-16(18)20)5-7-19(23)22-12-2-3-17(22)15-8-10-21-11-9-15/h4,6,8-11,13,17H,2-3,5,7,12H2,1H3/t17-/m0/s1. The van der Waals surface area contributed by atoms with Gasteiger partial charge in [0.05, 0.1) is 18.2 Å². The van der Waals surface area contributed by atoms with Crippen LogP contribution in [0.3, 0.4) is 0 Å². The Labute approximate surface area is 147 Å². The van der Waals surface area contributed by atoms with E-state index in [9.17, 15) is 4.79 Å². The second-order valence-corrected chi connectivity index (χ2v) is 6.40. The highest BCUT2D eigenvalue weighted by Crippen LogP contribution is 2.32. The zero-order valence-electron chi connectivity index (χ0n) is 13.7. The topological polar surface area (TPSA) is 42.4 Å². The van der Waals surface area contributed by atoms with Crippen LogP contribution in [-0.4, -0.2) is 29.4 Å². The Kier molecular flexibility index (Phi) is 5.36. The van der Waals surface area contributed by atoms with E-state index in [-0.39, 0.29) is 11.9 Å². The minimum absolute atomic E-state index is 0.181. The molecule has 1 fully saturated rings. The summed E-state index contributed by atoms with van der Waals surface area (Å²) in [5.41, 5.74) is 2.22. The van der Waals surface area contributed by atoms with Gasteiger partial charge in [0, 0.05) is 25.4 Å². The summed E-state index contributed by atoms with van der Waals surface area (Å²) in [6.45, 7) is 0.829. The molecular weight excluding hydrogens is 324 g/mol. The number of carbonyl (C=O) groups is 1. The highest BCUT2D eigenvalue weighted by atomic mass is 35.5. The molecule has 3 rings (SSSR count). The largest absolute Gasteiger partial charge is 0.495 e. The molecule has 0 N–H and O–H groups in total. The van der Waals surface area contributed by atoms with Gasteiger partial charge in [0.1, 0.15) is 5.75 Å². The summed E-state index contributed by atoms with van der Waals surface area (Å²) in [5.74, 6) is 0.852. The minimum atomic E-state index is 0.181. The number of pyridine rings is 1. The van der Waals surface area contributed by atoms with Crippen molar-refractivity contribution in [1.29, 1.82) is 0 Å². The van der Waals surface area contributed by atoms with Crippen LogP contribution >= 0.6 is 11.6 Å². The fraction of sp³-hybridized carbons (Fsp3) is 0.368. The van der Waals surface area contributed by atoms with Crippen LogP contribution in [0.4, 0.5) is 0 Å². The summed E-state index contributed by atoms with van der Waals surface area (Å²) in [4.78, 5) is 18.7. The molecule has 2 aromatic rings. The van der Waals surface area contributed by atoms with Crippen molar-refractivity contribution >= 4 is 17.5 Å². The second kappa shape index (κ2) is 7.67. The normalized spacial score (nSPS) is 17.1.